The molecule has 3 aliphatic rings. The van der Waals surface area contributed by atoms with E-state index in [1.54, 1.807) is 18.2 Å². The van der Waals surface area contributed by atoms with Crippen molar-refractivity contribution in [2.45, 2.75) is 13.0 Å². The number of piperazine rings is 3. The molecule has 2 bridgehead atoms. The van der Waals surface area contributed by atoms with Crippen molar-refractivity contribution in [3.05, 3.63) is 28.2 Å². The van der Waals surface area contributed by atoms with Gasteiger partial charge >= 0.3 is 0 Å². The number of hydrogen-bond donors (Lipinski definition) is 1. The highest BCUT2D eigenvalue weighted by Crippen LogP contribution is 2.28. The highest BCUT2D eigenvalue weighted by atomic mass is 35.5. The minimum absolute atomic E-state index is 0.0227. The van der Waals surface area contributed by atoms with Crippen molar-refractivity contribution in [2.24, 2.45) is 0 Å². The van der Waals surface area contributed by atoms with Gasteiger partial charge in [-0.1, -0.05) is 23.2 Å². The zero-order valence-corrected chi connectivity index (χ0v) is 13.6. The molecule has 0 saturated carbocycles. The molecule has 3 fully saturated rings. The fourth-order valence-electron chi connectivity index (χ4n) is 3.35. The van der Waals surface area contributed by atoms with Gasteiger partial charge in [0.15, 0.2) is 6.04 Å². The van der Waals surface area contributed by atoms with E-state index < -0.39 is 0 Å². The summed E-state index contributed by atoms with van der Waals surface area (Å²) in [5.41, 5.74) is 0.592. The number of nitrogens with zero attached hydrogens (tertiary/aromatic N) is 2. The van der Waals surface area contributed by atoms with Crippen LogP contribution in [-0.2, 0) is 4.79 Å². The summed E-state index contributed by atoms with van der Waals surface area (Å²) in [4.78, 5) is 15.1. The van der Waals surface area contributed by atoms with Gasteiger partial charge in [0.2, 0.25) is 0 Å². The lowest BCUT2D eigenvalue weighted by molar-refractivity contribution is -0.953. The third-order valence-electron chi connectivity index (χ3n) is 4.97. The third-order valence-corrected chi connectivity index (χ3v) is 5.54. The van der Waals surface area contributed by atoms with Crippen molar-refractivity contribution in [3.63, 3.8) is 0 Å². The molecule has 1 aromatic rings. The number of benzene rings is 1. The Kier molecular flexibility index (Phi) is 4.14. The van der Waals surface area contributed by atoms with Crippen molar-refractivity contribution in [3.8, 4) is 0 Å². The second-order valence-electron chi connectivity index (χ2n) is 6.02. The number of halogens is 2. The fourth-order valence-corrected chi connectivity index (χ4v) is 3.69. The summed E-state index contributed by atoms with van der Waals surface area (Å²) < 4.78 is 0.889. The quantitative estimate of drug-likeness (QED) is 0.864. The van der Waals surface area contributed by atoms with E-state index >= 15 is 0 Å². The summed E-state index contributed by atoms with van der Waals surface area (Å²) in [6.45, 7) is 8.46. The molecule has 3 aliphatic heterocycles. The van der Waals surface area contributed by atoms with Crippen LogP contribution in [-0.4, -0.2) is 60.6 Å². The largest absolute Gasteiger partial charge is 0.320 e. The number of hydrogen-bond acceptors (Lipinski definition) is 2. The number of nitrogens with one attached hydrogen (secondary N) is 1. The maximum absolute atomic E-state index is 12.6. The van der Waals surface area contributed by atoms with Crippen LogP contribution in [0.1, 0.15) is 6.92 Å². The second-order valence-corrected chi connectivity index (χ2v) is 6.86. The van der Waals surface area contributed by atoms with Gasteiger partial charge in [0.1, 0.15) is 0 Å². The number of carbonyl (C=O) groups excluding carboxylic acids is 1. The predicted molar refractivity (Wildman–Crippen MR) is 85.9 cm³/mol. The second kappa shape index (κ2) is 5.76. The van der Waals surface area contributed by atoms with Gasteiger partial charge in [-0.05, 0) is 25.1 Å². The monoisotopic (exact) mass is 328 g/mol. The van der Waals surface area contributed by atoms with E-state index in [1.807, 2.05) is 6.92 Å². The fraction of sp³-hybridized carbons (Fsp3) is 0.533. The van der Waals surface area contributed by atoms with Crippen LogP contribution in [0, 0.1) is 0 Å². The molecule has 6 heteroatoms. The molecule has 0 unspecified atom stereocenters. The van der Waals surface area contributed by atoms with Gasteiger partial charge in [-0.2, -0.15) is 0 Å². The molecule has 1 atom stereocenters. The number of amides is 1. The summed E-state index contributed by atoms with van der Waals surface area (Å²) in [6.07, 6.45) is 0. The van der Waals surface area contributed by atoms with E-state index in [0.717, 1.165) is 43.8 Å². The highest BCUT2D eigenvalue weighted by Gasteiger charge is 2.45. The first-order chi connectivity index (χ1) is 10.00. The van der Waals surface area contributed by atoms with E-state index in [9.17, 15) is 4.79 Å². The first-order valence-electron chi connectivity index (χ1n) is 7.34. The van der Waals surface area contributed by atoms with Crippen LogP contribution in [0.3, 0.4) is 0 Å². The number of anilines is 1. The molecule has 21 heavy (non-hydrogen) atoms. The lowest BCUT2D eigenvalue weighted by Gasteiger charge is -2.52. The molecule has 0 radical (unpaired) electrons. The van der Waals surface area contributed by atoms with Gasteiger partial charge in [0.05, 0.1) is 30.3 Å². The van der Waals surface area contributed by atoms with Gasteiger partial charge in [-0.3, -0.25) is 9.69 Å². The van der Waals surface area contributed by atoms with Crippen molar-refractivity contribution >= 4 is 34.8 Å². The summed E-state index contributed by atoms with van der Waals surface area (Å²) in [5.74, 6) is 0.0227. The Balaban J connectivity index is 1.74. The molecule has 0 spiro atoms. The Morgan fingerprint density at radius 2 is 1.86 bits per heavy atom. The van der Waals surface area contributed by atoms with Crippen LogP contribution in [0.25, 0.3) is 0 Å². The molecule has 4 nitrogen and oxygen atoms in total. The van der Waals surface area contributed by atoms with Gasteiger partial charge < -0.3 is 9.80 Å². The third kappa shape index (κ3) is 2.90. The van der Waals surface area contributed by atoms with Gasteiger partial charge in [-0.25, -0.2) is 0 Å². The van der Waals surface area contributed by atoms with Gasteiger partial charge in [0, 0.05) is 24.7 Å². The predicted octanol–water partition coefficient (Wildman–Crippen LogP) is 2.47. The Labute approximate surface area is 135 Å². The lowest BCUT2D eigenvalue weighted by atomic mass is 10.1. The average Bonchev–Trinajstić information content (AvgIpc) is 2.52. The first-order valence-corrected chi connectivity index (χ1v) is 8.10. The van der Waals surface area contributed by atoms with E-state index in [-0.39, 0.29) is 11.9 Å². The van der Waals surface area contributed by atoms with E-state index in [0.29, 0.717) is 15.7 Å². The standard InChI is InChI=1S/C15H19Cl2N3O/c1-11(20-7-4-19(5-8-20)6-9-20)15(21)18-14-10-12(16)2-3-13(14)17/h2-3,10-11H,4-9H2,1H3/p+1/t11-/m1/s1. The van der Waals surface area contributed by atoms with E-state index in [4.69, 9.17) is 23.2 Å². The van der Waals surface area contributed by atoms with Crippen molar-refractivity contribution in [1.82, 2.24) is 4.90 Å². The molecule has 0 aromatic heterocycles. The maximum Gasteiger partial charge on any atom is 0.282 e. The Morgan fingerprint density at radius 3 is 2.48 bits per heavy atom. The van der Waals surface area contributed by atoms with E-state index in [1.165, 1.54) is 0 Å². The van der Waals surface area contributed by atoms with Crippen molar-refractivity contribution < 1.29 is 9.28 Å². The SMILES string of the molecule is C[C@H](C(=O)Nc1cc(Cl)ccc1Cl)[N+]12CCN(CC1)CC2. The Hall–Kier alpha value is -0.810. The summed E-state index contributed by atoms with van der Waals surface area (Å²) in [6, 6.07) is 5.05. The van der Waals surface area contributed by atoms with Crippen LogP contribution in [0.15, 0.2) is 18.2 Å². The summed E-state index contributed by atoms with van der Waals surface area (Å²) in [5, 5.41) is 4.03. The van der Waals surface area contributed by atoms with Crippen LogP contribution >= 0.6 is 23.2 Å². The number of carbonyl (C=O) groups is 1. The lowest BCUT2D eigenvalue weighted by Crippen LogP contribution is -2.72. The summed E-state index contributed by atoms with van der Waals surface area (Å²) >= 11 is 12.1. The molecule has 3 heterocycles. The normalized spacial score (nSPS) is 29.2. The highest BCUT2D eigenvalue weighted by molar-refractivity contribution is 6.35. The number of fused-ring (bicyclic) bond motifs is 3. The van der Waals surface area contributed by atoms with Crippen molar-refractivity contribution in [1.29, 1.82) is 0 Å². The van der Waals surface area contributed by atoms with Crippen LogP contribution in [0.2, 0.25) is 10.0 Å². The zero-order chi connectivity index (χ0) is 15.0. The molecule has 1 amide bonds. The number of rotatable bonds is 3. The maximum atomic E-state index is 12.6. The van der Waals surface area contributed by atoms with Crippen LogP contribution in [0.4, 0.5) is 5.69 Å². The minimum atomic E-state index is -0.0671. The molecule has 114 valence electrons. The molecule has 4 rings (SSSR count). The number of quaternary nitrogens is 1. The Morgan fingerprint density at radius 1 is 1.24 bits per heavy atom. The Bertz CT molecular complexity index is 542. The molecule has 1 N–H and O–H groups in total. The molecule has 1 aromatic carbocycles. The smallest absolute Gasteiger partial charge is 0.282 e. The molecular weight excluding hydrogens is 309 g/mol. The van der Waals surface area contributed by atoms with Gasteiger partial charge in [0.25, 0.3) is 5.91 Å². The molecular formula is C15H20Cl2N3O+. The molecule has 3 saturated heterocycles. The topological polar surface area (TPSA) is 32.3 Å². The summed E-state index contributed by atoms with van der Waals surface area (Å²) in [7, 11) is 0. The molecule has 0 aliphatic carbocycles. The first kappa shape index (κ1) is 15.1. The van der Waals surface area contributed by atoms with Crippen LogP contribution < -0.4 is 5.32 Å². The van der Waals surface area contributed by atoms with Crippen LogP contribution in [0.5, 0.6) is 0 Å². The minimum Gasteiger partial charge on any atom is -0.320 e. The van der Waals surface area contributed by atoms with Gasteiger partial charge in [-0.15, -0.1) is 0 Å². The zero-order valence-electron chi connectivity index (χ0n) is 12.1. The van der Waals surface area contributed by atoms with E-state index in [2.05, 4.69) is 10.2 Å². The van der Waals surface area contributed by atoms with Crippen molar-refractivity contribution in [2.75, 3.05) is 44.6 Å². The average molecular weight is 329 g/mol.